The third-order valence-electron chi connectivity index (χ3n) is 4.75. The van der Waals surface area contributed by atoms with Gasteiger partial charge in [-0.1, -0.05) is 0 Å². The number of halogens is 3. The van der Waals surface area contributed by atoms with E-state index in [1.165, 1.54) is 5.01 Å². The molecule has 13 heteroatoms. The summed E-state index contributed by atoms with van der Waals surface area (Å²) in [7, 11) is 7.87. The first kappa shape index (κ1) is 29.7. The van der Waals surface area contributed by atoms with Crippen LogP contribution in [0.5, 0.6) is 0 Å². The summed E-state index contributed by atoms with van der Waals surface area (Å²) in [4.78, 5) is 26.8. The summed E-state index contributed by atoms with van der Waals surface area (Å²) in [5.41, 5.74) is -0.332. The largest absolute Gasteiger partial charge is 0.569 e. The maximum atomic E-state index is 12.1. The van der Waals surface area contributed by atoms with Crippen LogP contribution in [0.3, 0.4) is 0 Å². The minimum absolute atomic E-state index is 0.0760. The van der Waals surface area contributed by atoms with Gasteiger partial charge in [0, 0.05) is 0 Å². The average Bonchev–Trinajstić information content (AvgIpc) is 2.63. The van der Waals surface area contributed by atoms with Crippen LogP contribution in [0.25, 0.3) is 0 Å². The number of carbonyl (C=O) groups is 2. The third-order valence-corrected chi connectivity index (χ3v) is 4.75. The van der Waals surface area contributed by atoms with Crippen molar-refractivity contribution < 1.29 is 46.9 Å². The molecule has 0 saturated heterocycles. The van der Waals surface area contributed by atoms with E-state index in [4.69, 9.17) is 19.5 Å². The molecular formula is C19H36F3N4O6+. The van der Waals surface area contributed by atoms with Crippen LogP contribution < -0.4 is 0 Å². The summed E-state index contributed by atoms with van der Waals surface area (Å²) < 4.78 is 37.9. The number of esters is 1. The molecule has 0 bridgehead atoms. The Bertz CT molecular complexity index is 636. The SMILES string of the molecule is CN(/[N+]([O-])=N/OC1CCC(C(=O)OCC[N+](C)(C)C)CC1)C(C)(C)C.O=C(O)C(F)(F)F. The van der Waals surface area contributed by atoms with Crippen LogP contribution in [0.2, 0.25) is 0 Å². The molecule has 0 atom stereocenters. The van der Waals surface area contributed by atoms with Gasteiger partial charge in [0.1, 0.15) is 19.3 Å². The van der Waals surface area contributed by atoms with E-state index in [2.05, 4.69) is 26.4 Å². The number of nitrogens with zero attached hydrogens (tertiary/aromatic N) is 4. The van der Waals surface area contributed by atoms with Crippen molar-refractivity contribution in [1.82, 2.24) is 5.01 Å². The highest BCUT2D eigenvalue weighted by Crippen LogP contribution is 2.27. The number of aliphatic carboxylic acids is 1. The number of carboxylic acids is 1. The Hall–Kier alpha value is -2.31. The molecule has 10 nitrogen and oxygen atoms in total. The van der Waals surface area contributed by atoms with Crippen molar-refractivity contribution in [3.63, 3.8) is 0 Å². The van der Waals surface area contributed by atoms with Gasteiger partial charge in [0.05, 0.1) is 44.6 Å². The average molecular weight is 474 g/mol. The van der Waals surface area contributed by atoms with E-state index in [0.717, 1.165) is 11.0 Å². The quantitative estimate of drug-likeness (QED) is 0.199. The predicted octanol–water partition coefficient (Wildman–Crippen LogP) is 2.97. The first-order valence-corrected chi connectivity index (χ1v) is 10.2. The first-order chi connectivity index (χ1) is 14.3. The number of hydrogen-bond donors (Lipinski definition) is 1. The van der Waals surface area contributed by atoms with Crippen molar-refractivity contribution in [3.05, 3.63) is 5.21 Å². The van der Waals surface area contributed by atoms with Crippen LogP contribution >= 0.6 is 0 Å². The number of ether oxygens (including phenoxy) is 1. The monoisotopic (exact) mass is 473 g/mol. The molecule has 32 heavy (non-hydrogen) atoms. The highest BCUT2D eigenvalue weighted by Gasteiger charge is 2.38. The minimum atomic E-state index is -5.08. The Labute approximate surface area is 186 Å². The summed E-state index contributed by atoms with van der Waals surface area (Å²) in [6.45, 7) is 7.00. The van der Waals surface area contributed by atoms with Crippen LogP contribution in [0.15, 0.2) is 5.28 Å². The van der Waals surface area contributed by atoms with Gasteiger partial charge in [-0.15, -0.1) is 5.01 Å². The van der Waals surface area contributed by atoms with Gasteiger partial charge in [-0.2, -0.15) is 13.2 Å². The molecule has 0 aromatic rings. The zero-order chi connectivity index (χ0) is 25.3. The van der Waals surface area contributed by atoms with Crippen molar-refractivity contribution in [3.8, 4) is 0 Å². The number of hydrogen-bond acceptors (Lipinski definition) is 6. The van der Waals surface area contributed by atoms with Gasteiger partial charge in [-0.05, 0) is 46.5 Å². The molecule has 0 heterocycles. The van der Waals surface area contributed by atoms with E-state index in [-0.39, 0.29) is 23.5 Å². The van der Waals surface area contributed by atoms with Gasteiger partial charge in [0.2, 0.25) is 5.28 Å². The lowest BCUT2D eigenvalue weighted by Gasteiger charge is -2.28. The van der Waals surface area contributed by atoms with Gasteiger partial charge >= 0.3 is 18.1 Å². The Morgan fingerprint density at radius 2 is 1.62 bits per heavy atom. The van der Waals surface area contributed by atoms with Crippen molar-refractivity contribution in [2.75, 3.05) is 41.3 Å². The molecule has 0 radical (unpaired) electrons. The molecule has 188 valence electrons. The van der Waals surface area contributed by atoms with Crippen LogP contribution in [-0.2, 0) is 19.2 Å². The third kappa shape index (κ3) is 12.5. The second-order valence-electron chi connectivity index (χ2n) is 9.59. The Balaban J connectivity index is 0.00000118. The van der Waals surface area contributed by atoms with E-state index in [9.17, 15) is 23.2 Å². The lowest BCUT2D eigenvalue weighted by Crippen LogP contribution is -2.42. The number of carboxylic acid groups (broad SMARTS) is 1. The minimum Gasteiger partial charge on any atom is -0.569 e. The fraction of sp³-hybridized carbons (Fsp3) is 0.895. The lowest BCUT2D eigenvalue weighted by atomic mass is 9.87. The molecule has 0 unspecified atom stereocenters. The summed E-state index contributed by atoms with van der Waals surface area (Å²) in [5.74, 6) is -2.96. The Kier molecular flexibility index (Phi) is 11.2. The number of hydrazine groups is 1. The van der Waals surface area contributed by atoms with Crippen molar-refractivity contribution in [1.29, 1.82) is 0 Å². The first-order valence-electron chi connectivity index (χ1n) is 10.2. The summed E-state index contributed by atoms with van der Waals surface area (Å²) >= 11 is 0. The Morgan fingerprint density at radius 3 is 2.00 bits per heavy atom. The summed E-state index contributed by atoms with van der Waals surface area (Å²) in [6.07, 6.45) is -2.40. The van der Waals surface area contributed by atoms with Crippen LogP contribution in [0, 0.1) is 11.1 Å². The van der Waals surface area contributed by atoms with Crippen molar-refractivity contribution in [2.24, 2.45) is 11.2 Å². The van der Waals surface area contributed by atoms with E-state index >= 15 is 0 Å². The zero-order valence-corrected chi connectivity index (χ0v) is 19.8. The molecular weight excluding hydrogens is 437 g/mol. The molecule has 0 aromatic carbocycles. The van der Waals surface area contributed by atoms with E-state index < -0.39 is 12.1 Å². The maximum absolute atomic E-state index is 12.1. The molecule has 0 spiro atoms. The molecule has 1 aliphatic carbocycles. The van der Waals surface area contributed by atoms with E-state index in [1.54, 1.807) is 7.05 Å². The smallest absolute Gasteiger partial charge is 0.490 e. The second kappa shape index (κ2) is 12.1. The fourth-order valence-corrected chi connectivity index (χ4v) is 2.36. The van der Waals surface area contributed by atoms with Gasteiger partial charge < -0.3 is 24.4 Å². The van der Waals surface area contributed by atoms with Crippen LogP contribution in [-0.4, -0.2) is 90.7 Å². The molecule has 1 saturated carbocycles. The van der Waals surface area contributed by atoms with Crippen molar-refractivity contribution in [2.45, 2.75) is 64.3 Å². The van der Waals surface area contributed by atoms with Gasteiger partial charge in [0.25, 0.3) is 0 Å². The molecule has 0 amide bonds. The van der Waals surface area contributed by atoms with Gasteiger partial charge in [-0.3, -0.25) is 4.79 Å². The molecule has 1 aliphatic rings. The standard InChI is InChI=1S/C17H35N4O4.C2HF3O2/c1-17(2,3)19(4)20(23)18-25-15-10-8-14(9-11-15)16(22)24-13-12-21(5,6)7;3-2(4,5)1(6)7/h14-15H,8-13H2,1-7H3;(H,6,7)/q+1;/b20-18-;. The number of likely N-dealkylation sites (N-methyl/N-ethyl adjacent to an activating group) is 1. The summed E-state index contributed by atoms with van der Waals surface area (Å²) in [6, 6.07) is 0. The second-order valence-corrected chi connectivity index (χ2v) is 9.59. The number of alkyl halides is 3. The predicted molar refractivity (Wildman–Crippen MR) is 108 cm³/mol. The van der Waals surface area contributed by atoms with Crippen LogP contribution in [0.4, 0.5) is 13.2 Å². The number of carbonyl (C=O) groups excluding carboxylic acids is 1. The maximum Gasteiger partial charge on any atom is 0.490 e. The van der Waals surface area contributed by atoms with E-state index in [1.807, 2.05) is 20.8 Å². The molecule has 1 fully saturated rings. The highest BCUT2D eigenvalue weighted by atomic mass is 19.4. The normalized spacial score (nSPS) is 20.0. The Morgan fingerprint density at radius 1 is 1.16 bits per heavy atom. The fourth-order valence-electron chi connectivity index (χ4n) is 2.36. The zero-order valence-electron chi connectivity index (χ0n) is 19.8. The molecule has 0 aliphatic heterocycles. The van der Waals surface area contributed by atoms with Crippen LogP contribution in [0.1, 0.15) is 46.5 Å². The number of quaternary nitrogens is 1. The summed E-state index contributed by atoms with van der Waals surface area (Å²) in [5, 5.41) is 24.1. The number of rotatable bonds is 7. The van der Waals surface area contributed by atoms with Gasteiger partial charge in [-0.25, -0.2) is 4.79 Å². The topological polar surface area (TPSA) is 115 Å². The lowest BCUT2D eigenvalue weighted by molar-refractivity contribution is -0.870. The van der Waals surface area contributed by atoms with E-state index in [0.29, 0.717) is 37.3 Å². The molecule has 0 aromatic heterocycles. The highest BCUT2D eigenvalue weighted by molar-refractivity contribution is 5.73. The van der Waals surface area contributed by atoms with Crippen molar-refractivity contribution >= 4 is 11.9 Å². The molecule has 1 rings (SSSR count). The molecule has 1 N–H and O–H groups in total. The van der Waals surface area contributed by atoms with Gasteiger partial charge in [0.15, 0.2) is 0 Å².